The van der Waals surface area contributed by atoms with Gasteiger partial charge in [-0.1, -0.05) is 92.3 Å². The van der Waals surface area contributed by atoms with Crippen molar-refractivity contribution >= 4 is 7.94 Å². The molecule has 1 aromatic rings. The summed E-state index contributed by atoms with van der Waals surface area (Å²) in [5.41, 5.74) is 1.80. The molecule has 0 heterocycles. The molecule has 4 heteroatoms. The SMILES string of the molecule is CCCCCCCC[P+](O)(O)Oc1c(C(C)(C)C)cccc1C(C)(C)C. The third kappa shape index (κ3) is 7.55. The van der Waals surface area contributed by atoms with Crippen LogP contribution in [-0.2, 0) is 10.8 Å². The lowest BCUT2D eigenvalue weighted by atomic mass is 9.80. The van der Waals surface area contributed by atoms with Gasteiger partial charge in [0.1, 0.15) is 6.16 Å². The lowest BCUT2D eigenvalue weighted by molar-refractivity contribution is 0.328. The van der Waals surface area contributed by atoms with Gasteiger partial charge < -0.3 is 0 Å². The van der Waals surface area contributed by atoms with Crippen LogP contribution in [0.3, 0.4) is 0 Å². The van der Waals surface area contributed by atoms with Crippen molar-refractivity contribution in [1.82, 2.24) is 0 Å². The van der Waals surface area contributed by atoms with Gasteiger partial charge in [0, 0.05) is 11.1 Å². The molecule has 150 valence electrons. The van der Waals surface area contributed by atoms with Gasteiger partial charge in [0.2, 0.25) is 0 Å². The van der Waals surface area contributed by atoms with Gasteiger partial charge in [-0.25, -0.2) is 0 Å². The summed E-state index contributed by atoms with van der Waals surface area (Å²) >= 11 is 0. The lowest BCUT2D eigenvalue weighted by Gasteiger charge is -2.29. The summed E-state index contributed by atoms with van der Waals surface area (Å²) in [6.45, 7) is 15.0. The quantitative estimate of drug-likeness (QED) is 0.365. The van der Waals surface area contributed by atoms with Gasteiger partial charge in [-0.3, -0.25) is 4.52 Å². The molecule has 3 nitrogen and oxygen atoms in total. The van der Waals surface area contributed by atoms with E-state index >= 15 is 0 Å². The van der Waals surface area contributed by atoms with E-state index in [1.54, 1.807) is 0 Å². The van der Waals surface area contributed by atoms with Gasteiger partial charge in [-0.15, -0.1) is 0 Å². The number of rotatable bonds is 9. The van der Waals surface area contributed by atoms with E-state index in [1.807, 2.05) is 18.2 Å². The Hall–Kier alpha value is -0.630. The van der Waals surface area contributed by atoms with E-state index in [9.17, 15) is 9.79 Å². The molecule has 0 aliphatic carbocycles. The fourth-order valence-corrected chi connectivity index (χ4v) is 4.32. The molecule has 0 amide bonds. The monoisotopic (exact) mass is 383 g/mol. The molecule has 0 aliphatic rings. The summed E-state index contributed by atoms with van der Waals surface area (Å²) in [7, 11) is -3.41. The van der Waals surface area contributed by atoms with Gasteiger partial charge in [-0.2, -0.15) is 9.79 Å². The fraction of sp³-hybridized carbons (Fsp3) is 0.727. The van der Waals surface area contributed by atoms with Crippen LogP contribution in [0.5, 0.6) is 5.75 Å². The number of unbranched alkanes of at least 4 members (excludes halogenated alkanes) is 5. The average Bonchev–Trinajstić information content (AvgIpc) is 2.48. The normalized spacial score (nSPS) is 13.1. The first kappa shape index (κ1) is 23.4. The molecule has 2 N–H and O–H groups in total. The molecular weight excluding hydrogens is 343 g/mol. The van der Waals surface area contributed by atoms with Crippen molar-refractivity contribution in [3.8, 4) is 5.75 Å². The maximum absolute atomic E-state index is 10.6. The molecule has 1 aromatic carbocycles. The Bertz CT molecular complexity index is 521. The van der Waals surface area contributed by atoms with Crippen LogP contribution in [0.25, 0.3) is 0 Å². The standard InChI is InChI=1S/C22H40O3P/c1-8-9-10-11-12-13-17-26(23,24)25-20-18(21(2,3)4)15-14-16-19(20)22(5,6)7/h14-16,23-24H,8-13,17H2,1-7H3/q+1. The third-order valence-corrected chi connectivity index (χ3v) is 6.05. The van der Waals surface area contributed by atoms with Gasteiger partial charge in [0.05, 0.1) is 0 Å². The minimum atomic E-state index is -3.41. The van der Waals surface area contributed by atoms with Crippen molar-refractivity contribution in [2.24, 2.45) is 0 Å². The molecule has 0 bridgehead atoms. The first-order chi connectivity index (χ1) is 11.9. The average molecular weight is 384 g/mol. The van der Waals surface area contributed by atoms with Crippen molar-refractivity contribution in [2.75, 3.05) is 6.16 Å². The van der Waals surface area contributed by atoms with Crippen LogP contribution >= 0.6 is 7.94 Å². The highest BCUT2D eigenvalue weighted by atomic mass is 31.2. The fourth-order valence-electron chi connectivity index (χ4n) is 3.11. The number of hydrogen-bond donors (Lipinski definition) is 2. The van der Waals surface area contributed by atoms with E-state index in [4.69, 9.17) is 4.52 Å². The Morgan fingerprint density at radius 1 is 0.808 bits per heavy atom. The van der Waals surface area contributed by atoms with Crippen molar-refractivity contribution in [2.45, 2.75) is 97.8 Å². The minimum Gasteiger partial charge on any atom is -0.286 e. The van der Waals surface area contributed by atoms with Crippen molar-refractivity contribution in [1.29, 1.82) is 0 Å². The van der Waals surface area contributed by atoms with Crippen LogP contribution in [0.4, 0.5) is 0 Å². The topological polar surface area (TPSA) is 49.7 Å². The number of para-hydroxylation sites is 1. The molecule has 0 aromatic heterocycles. The second kappa shape index (κ2) is 9.53. The molecule has 0 saturated carbocycles. The molecule has 26 heavy (non-hydrogen) atoms. The summed E-state index contributed by atoms with van der Waals surface area (Å²) in [6.07, 6.45) is 7.01. The first-order valence-corrected chi connectivity index (χ1v) is 11.9. The highest BCUT2D eigenvalue weighted by Crippen LogP contribution is 2.55. The molecule has 0 radical (unpaired) electrons. The van der Waals surface area contributed by atoms with E-state index < -0.39 is 7.94 Å². The molecule has 0 unspecified atom stereocenters. The van der Waals surface area contributed by atoms with E-state index in [-0.39, 0.29) is 10.8 Å². The lowest BCUT2D eigenvalue weighted by Crippen LogP contribution is -2.20. The molecule has 0 atom stereocenters. The molecule has 0 aliphatic heterocycles. The summed E-state index contributed by atoms with van der Waals surface area (Å²) in [6, 6.07) is 6.11. The summed E-state index contributed by atoms with van der Waals surface area (Å²) in [5.74, 6) is 0.664. The Balaban J connectivity index is 2.95. The smallest absolute Gasteiger partial charge is 0.286 e. The van der Waals surface area contributed by atoms with Crippen LogP contribution in [-0.4, -0.2) is 15.9 Å². The first-order valence-electron chi connectivity index (χ1n) is 10.1. The van der Waals surface area contributed by atoms with Gasteiger partial charge in [0.25, 0.3) is 0 Å². The minimum absolute atomic E-state index is 0.128. The second-order valence-electron chi connectivity index (χ2n) is 9.43. The zero-order valence-corrected chi connectivity index (χ0v) is 18.8. The highest BCUT2D eigenvalue weighted by Gasteiger charge is 2.40. The van der Waals surface area contributed by atoms with Crippen molar-refractivity contribution in [3.63, 3.8) is 0 Å². The Kier molecular flexibility index (Phi) is 8.58. The van der Waals surface area contributed by atoms with Crippen LogP contribution in [0, 0.1) is 0 Å². The molecule has 0 saturated heterocycles. The van der Waals surface area contributed by atoms with Crippen molar-refractivity contribution < 1.29 is 14.3 Å². The second-order valence-corrected chi connectivity index (χ2v) is 11.4. The van der Waals surface area contributed by atoms with E-state index in [0.29, 0.717) is 11.9 Å². The van der Waals surface area contributed by atoms with E-state index in [1.165, 1.54) is 19.3 Å². The third-order valence-electron chi connectivity index (χ3n) is 4.67. The van der Waals surface area contributed by atoms with Gasteiger partial charge in [-0.05, 0) is 23.7 Å². The summed E-state index contributed by atoms with van der Waals surface area (Å²) < 4.78 is 5.97. The molecule has 0 fully saturated rings. The molecular formula is C22H40O3P+. The zero-order chi connectivity index (χ0) is 20.0. The van der Waals surface area contributed by atoms with E-state index in [0.717, 1.165) is 30.4 Å². The maximum Gasteiger partial charge on any atom is 0.451 e. The Morgan fingerprint density at radius 3 is 1.73 bits per heavy atom. The van der Waals surface area contributed by atoms with E-state index in [2.05, 4.69) is 48.5 Å². The van der Waals surface area contributed by atoms with Crippen LogP contribution in [0.2, 0.25) is 0 Å². The Labute approximate surface area is 161 Å². The predicted molar refractivity (Wildman–Crippen MR) is 114 cm³/mol. The highest BCUT2D eigenvalue weighted by molar-refractivity contribution is 7.60. The van der Waals surface area contributed by atoms with Crippen LogP contribution in [0.15, 0.2) is 18.2 Å². The van der Waals surface area contributed by atoms with Gasteiger partial charge >= 0.3 is 7.94 Å². The summed E-state index contributed by atoms with van der Waals surface area (Å²) in [4.78, 5) is 21.2. The van der Waals surface area contributed by atoms with Crippen LogP contribution < -0.4 is 4.52 Å². The largest absolute Gasteiger partial charge is 0.451 e. The predicted octanol–water partition coefficient (Wildman–Crippen LogP) is 6.77. The molecule has 0 spiro atoms. The van der Waals surface area contributed by atoms with Gasteiger partial charge in [0.15, 0.2) is 5.75 Å². The number of hydrogen-bond acceptors (Lipinski definition) is 3. The van der Waals surface area contributed by atoms with Crippen LogP contribution in [0.1, 0.15) is 98.1 Å². The number of benzene rings is 1. The summed E-state index contributed by atoms with van der Waals surface area (Å²) in [5, 5.41) is 0. The van der Waals surface area contributed by atoms with Crippen molar-refractivity contribution in [3.05, 3.63) is 29.3 Å². The Morgan fingerprint density at radius 2 is 1.27 bits per heavy atom. The zero-order valence-electron chi connectivity index (χ0n) is 17.9. The molecule has 1 rings (SSSR count). The maximum atomic E-state index is 10.6.